The Labute approximate surface area is 106 Å². The van der Waals surface area contributed by atoms with Crippen molar-refractivity contribution >= 4 is 17.3 Å². The molecule has 3 rings (SSSR count). The molecule has 1 heterocycles. The lowest BCUT2D eigenvalue weighted by atomic mass is 9.85. The highest BCUT2D eigenvalue weighted by Crippen LogP contribution is 2.36. The lowest BCUT2D eigenvalue weighted by Gasteiger charge is -2.25. The molecule has 1 aliphatic rings. The van der Waals surface area contributed by atoms with Gasteiger partial charge in [-0.2, -0.15) is 0 Å². The Morgan fingerprint density at radius 2 is 1.78 bits per heavy atom. The minimum absolute atomic E-state index is 0.0653. The first-order valence-corrected chi connectivity index (χ1v) is 5.98. The van der Waals surface area contributed by atoms with Gasteiger partial charge >= 0.3 is 0 Å². The van der Waals surface area contributed by atoms with E-state index in [0.717, 1.165) is 16.9 Å². The van der Waals surface area contributed by atoms with Gasteiger partial charge in [0, 0.05) is 23.7 Å². The van der Waals surface area contributed by atoms with Gasteiger partial charge in [-0.15, -0.1) is 0 Å². The Bertz CT molecular complexity index is 590. The van der Waals surface area contributed by atoms with E-state index in [4.69, 9.17) is 5.73 Å². The van der Waals surface area contributed by atoms with Crippen LogP contribution < -0.4 is 11.1 Å². The van der Waals surface area contributed by atoms with Crippen LogP contribution in [-0.4, -0.2) is 5.91 Å². The molecule has 1 atom stereocenters. The fourth-order valence-corrected chi connectivity index (χ4v) is 2.44. The van der Waals surface area contributed by atoms with E-state index in [9.17, 15) is 4.79 Å². The van der Waals surface area contributed by atoms with E-state index in [1.807, 2.05) is 42.5 Å². The van der Waals surface area contributed by atoms with Crippen molar-refractivity contribution in [3.63, 3.8) is 0 Å². The molecule has 3 heteroatoms. The van der Waals surface area contributed by atoms with Crippen molar-refractivity contribution in [2.75, 3.05) is 11.1 Å². The molecule has 0 aromatic heterocycles. The van der Waals surface area contributed by atoms with Gasteiger partial charge in [-0.3, -0.25) is 4.79 Å². The Morgan fingerprint density at radius 1 is 1.06 bits per heavy atom. The molecule has 0 saturated carbocycles. The second-order valence-electron chi connectivity index (χ2n) is 4.56. The maximum Gasteiger partial charge on any atom is 0.225 e. The lowest BCUT2D eigenvalue weighted by Crippen LogP contribution is -2.23. The van der Waals surface area contributed by atoms with Crippen LogP contribution in [0.25, 0.3) is 0 Å². The van der Waals surface area contributed by atoms with Crippen LogP contribution in [0.2, 0.25) is 0 Å². The smallest absolute Gasteiger partial charge is 0.225 e. The molecule has 0 radical (unpaired) electrons. The highest BCUT2D eigenvalue weighted by Gasteiger charge is 2.25. The number of para-hydroxylation sites is 1. The average Bonchev–Trinajstić information content (AvgIpc) is 2.38. The predicted octanol–water partition coefficient (Wildman–Crippen LogP) is 2.74. The summed E-state index contributed by atoms with van der Waals surface area (Å²) in [7, 11) is 0. The van der Waals surface area contributed by atoms with Crippen molar-refractivity contribution in [2.24, 2.45) is 0 Å². The van der Waals surface area contributed by atoms with Crippen LogP contribution in [0.1, 0.15) is 23.5 Å². The maximum absolute atomic E-state index is 11.7. The number of rotatable bonds is 1. The van der Waals surface area contributed by atoms with Crippen LogP contribution in [0, 0.1) is 0 Å². The summed E-state index contributed by atoms with van der Waals surface area (Å²) in [4.78, 5) is 11.7. The molecule has 0 aliphatic carbocycles. The second-order valence-corrected chi connectivity index (χ2v) is 4.56. The zero-order valence-electron chi connectivity index (χ0n) is 9.89. The number of nitrogens with two attached hydrogens (primary N) is 1. The van der Waals surface area contributed by atoms with Gasteiger partial charge in [0.1, 0.15) is 0 Å². The van der Waals surface area contributed by atoms with Crippen LogP contribution in [0.3, 0.4) is 0 Å². The van der Waals surface area contributed by atoms with Crippen LogP contribution in [-0.2, 0) is 4.79 Å². The van der Waals surface area contributed by atoms with Crippen LogP contribution in [0.5, 0.6) is 0 Å². The number of benzene rings is 2. The molecular weight excluding hydrogens is 224 g/mol. The fraction of sp³-hybridized carbons (Fsp3) is 0.133. The number of carbonyl (C=O) groups is 1. The molecule has 0 bridgehead atoms. The molecular formula is C15H14N2O. The number of fused-ring (bicyclic) bond motifs is 1. The summed E-state index contributed by atoms with van der Waals surface area (Å²) in [6.45, 7) is 0. The number of hydrogen-bond acceptors (Lipinski definition) is 2. The summed E-state index contributed by atoms with van der Waals surface area (Å²) < 4.78 is 0. The lowest BCUT2D eigenvalue weighted by molar-refractivity contribution is -0.116. The summed E-state index contributed by atoms with van der Waals surface area (Å²) in [5, 5.41) is 2.91. The quantitative estimate of drug-likeness (QED) is 0.750. The number of nitrogens with one attached hydrogen (secondary N) is 1. The molecule has 90 valence electrons. The molecule has 1 amide bonds. The van der Waals surface area contributed by atoms with E-state index in [0.29, 0.717) is 6.42 Å². The maximum atomic E-state index is 11.7. The van der Waals surface area contributed by atoms with Crippen LogP contribution in [0.4, 0.5) is 11.4 Å². The first-order chi connectivity index (χ1) is 8.74. The molecule has 1 unspecified atom stereocenters. The van der Waals surface area contributed by atoms with Gasteiger partial charge in [0.25, 0.3) is 0 Å². The zero-order valence-corrected chi connectivity index (χ0v) is 9.89. The number of nitrogen functional groups attached to an aromatic ring is 1. The van der Waals surface area contributed by atoms with E-state index >= 15 is 0 Å². The zero-order chi connectivity index (χ0) is 12.5. The van der Waals surface area contributed by atoms with E-state index in [-0.39, 0.29) is 11.8 Å². The molecule has 0 spiro atoms. The third kappa shape index (κ3) is 1.84. The van der Waals surface area contributed by atoms with Crippen molar-refractivity contribution in [2.45, 2.75) is 12.3 Å². The molecule has 2 aromatic carbocycles. The van der Waals surface area contributed by atoms with Gasteiger partial charge in [0.15, 0.2) is 0 Å². The third-order valence-corrected chi connectivity index (χ3v) is 3.34. The Hall–Kier alpha value is -2.29. The first-order valence-electron chi connectivity index (χ1n) is 5.98. The largest absolute Gasteiger partial charge is 0.399 e. The summed E-state index contributed by atoms with van der Waals surface area (Å²) in [6, 6.07) is 15.7. The van der Waals surface area contributed by atoms with Crippen molar-refractivity contribution in [3.05, 3.63) is 59.7 Å². The number of hydrogen-bond donors (Lipinski definition) is 2. The SMILES string of the molecule is Nc1ccc(C2CC(=O)Nc3ccccc32)cc1. The highest BCUT2D eigenvalue weighted by molar-refractivity contribution is 5.95. The van der Waals surface area contributed by atoms with Crippen LogP contribution in [0.15, 0.2) is 48.5 Å². The van der Waals surface area contributed by atoms with E-state index < -0.39 is 0 Å². The predicted molar refractivity (Wildman–Crippen MR) is 72.4 cm³/mol. The highest BCUT2D eigenvalue weighted by atomic mass is 16.1. The average molecular weight is 238 g/mol. The van der Waals surface area contributed by atoms with E-state index in [1.54, 1.807) is 0 Å². The number of carbonyl (C=O) groups excluding carboxylic acids is 1. The van der Waals surface area contributed by atoms with Crippen molar-refractivity contribution in [1.82, 2.24) is 0 Å². The molecule has 3 N–H and O–H groups in total. The standard InChI is InChI=1S/C15H14N2O/c16-11-7-5-10(6-8-11)13-9-15(18)17-14-4-2-1-3-12(13)14/h1-8,13H,9,16H2,(H,17,18). The molecule has 2 aromatic rings. The monoisotopic (exact) mass is 238 g/mol. The van der Waals surface area contributed by atoms with Crippen molar-refractivity contribution < 1.29 is 4.79 Å². The van der Waals surface area contributed by atoms with Crippen molar-refractivity contribution in [3.8, 4) is 0 Å². The van der Waals surface area contributed by atoms with Gasteiger partial charge in [0.2, 0.25) is 5.91 Å². The van der Waals surface area contributed by atoms with Gasteiger partial charge in [-0.25, -0.2) is 0 Å². The summed E-state index contributed by atoms with van der Waals surface area (Å²) in [5.41, 5.74) is 9.65. The van der Waals surface area contributed by atoms with Gasteiger partial charge in [-0.1, -0.05) is 30.3 Å². The van der Waals surface area contributed by atoms with Gasteiger partial charge in [-0.05, 0) is 29.3 Å². The minimum atomic E-state index is 0.0653. The number of amides is 1. The molecule has 18 heavy (non-hydrogen) atoms. The second kappa shape index (κ2) is 4.18. The molecule has 1 aliphatic heterocycles. The first kappa shape index (κ1) is 10.8. The van der Waals surface area contributed by atoms with E-state index in [2.05, 4.69) is 11.4 Å². The Balaban J connectivity index is 2.07. The molecule has 0 saturated heterocycles. The summed E-state index contributed by atoms with van der Waals surface area (Å²) >= 11 is 0. The van der Waals surface area contributed by atoms with Gasteiger partial charge < -0.3 is 11.1 Å². The summed E-state index contributed by atoms with van der Waals surface area (Å²) in [5.74, 6) is 0.186. The Morgan fingerprint density at radius 3 is 2.56 bits per heavy atom. The summed E-state index contributed by atoms with van der Waals surface area (Å²) in [6.07, 6.45) is 0.487. The number of anilines is 2. The molecule has 0 fully saturated rings. The minimum Gasteiger partial charge on any atom is -0.399 e. The third-order valence-electron chi connectivity index (χ3n) is 3.34. The van der Waals surface area contributed by atoms with Crippen LogP contribution >= 0.6 is 0 Å². The van der Waals surface area contributed by atoms with Crippen molar-refractivity contribution in [1.29, 1.82) is 0 Å². The molecule has 3 nitrogen and oxygen atoms in total. The van der Waals surface area contributed by atoms with Gasteiger partial charge in [0.05, 0.1) is 0 Å². The normalized spacial score (nSPS) is 18.0. The fourth-order valence-electron chi connectivity index (χ4n) is 2.44. The Kier molecular flexibility index (Phi) is 2.52. The topological polar surface area (TPSA) is 55.1 Å². The van der Waals surface area contributed by atoms with E-state index in [1.165, 1.54) is 5.56 Å².